The summed E-state index contributed by atoms with van der Waals surface area (Å²) in [5.41, 5.74) is 1.79. The second kappa shape index (κ2) is 7.27. The topological polar surface area (TPSA) is 62.3 Å². The molecule has 1 aromatic heterocycles. The van der Waals surface area contributed by atoms with E-state index in [1.165, 1.54) is 15.6 Å². The summed E-state index contributed by atoms with van der Waals surface area (Å²) in [6.45, 7) is 3.51. The van der Waals surface area contributed by atoms with Gasteiger partial charge in [-0.25, -0.2) is 13.4 Å². The molecule has 126 valence electrons. The number of likely N-dealkylation sites (N-methyl/N-ethyl adjacent to an activating group) is 1. The van der Waals surface area contributed by atoms with Crippen molar-refractivity contribution in [2.75, 3.05) is 20.1 Å². The molecule has 1 atom stereocenters. The Morgan fingerprint density at radius 2 is 2.17 bits per heavy atom. The molecule has 0 radical (unpaired) electrons. The first-order chi connectivity index (χ1) is 10.5. The van der Waals surface area contributed by atoms with Crippen molar-refractivity contribution < 1.29 is 8.42 Å². The average Bonchev–Trinajstić information content (AvgIpc) is 3.18. The van der Waals surface area contributed by atoms with Crippen LogP contribution in [0.2, 0.25) is 0 Å². The third-order valence-corrected chi connectivity index (χ3v) is 6.84. The number of aryl methyl sites for hydroxylation is 1. The van der Waals surface area contributed by atoms with E-state index < -0.39 is 10.0 Å². The lowest BCUT2D eigenvalue weighted by atomic mass is 10.2. The minimum Gasteiger partial charge on any atom is -0.315 e. The van der Waals surface area contributed by atoms with Crippen LogP contribution in [0.15, 0.2) is 34.5 Å². The molecule has 0 amide bonds. The summed E-state index contributed by atoms with van der Waals surface area (Å²) in [4.78, 5) is 4.75. The number of halogens is 1. The van der Waals surface area contributed by atoms with Crippen molar-refractivity contribution in [3.63, 3.8) is 0 Å². The Bertz CT molecular complexity index is 771. The zero-order chi connectivity index (χ0) is 15.7. The fourth-order valence-corrected chi connectivity index (χ4v) is 4.81. The summed E-state index contributed by atoms with van der Waals surface area (Å²) in [6.07, 6.45) is 0.848. The van der Waals surface area contributed by atoms with E-state index in [-0.39, 0.29) is 18.4 Å². The second-order valence-electron chi connectivity index (χ2n) is 5.49. The maximum absolute atomic E-state index is 12.8. The number of aromatic nitrogens is 1. The van der Waals surface area contributed by atoms with Gasteiger partial charge in [-0.05, 0) is 32.0 Å². The van der Waals surface area contributed by atoms with Gasteiger partial charge >= 0.3 is 0 Å². The van der Waals surface area contributed by atoms with E-state index in [2.05, 4.69) is 10.3 Å². The fourth-order valence-electron chi connectivity index (χ4n) is 2.59. The van der Waals surface area contributed by atoms with Crippen LogP contribution in [0.5, 0.6) is 0 Å². The predicted molar refractivity (Wildman–Crippen MR) is 95.8 cm³/mol. The van der Waals surface area contributed by atoms with Crippen molar-refractivity contribution in [2.45, 2.75) is 24.3 Å². The van der Waals surface area contributed by atoms with E-state index in [0.29, 0.717) is 11.4 Å². The van der Waals surface area contributed by atoms with Gasteiger partial charge in [0.25, 0.3) is 0 Å². The molecule has 2 aromatic rings. The number of thiazole rings is 1. The number of sulfonamides is 1. The molecule has 0 bridgehead atoms. The molecule has 1 saturated heterocycles. The SMILES string of the molecule is Cc1csc(-c2cccc(S(=O)(=O)N(C)C3CCNC3)c2)n1.Cl. The molecule has 8 heteroatoms. The molecule has 0 aliphatic carbocycles. The molecule has 1 fully saturated rings. The van der Waals surface area contributed by atoms with Gasteiger partial charge in [-0.3, -0.25) is 0 Å². The Balaban J connectivity index is 0.00000192. The summed E-state index contributed by atoms with van der Waals surface area (Å²) < 4.78 is 27.1. The third-order valence-electron chi connectivity index (χ3n) is 3.93. The first-order valence-electron chi connectivity index (χ1n) is 7.20. The fraction of sp³-hybridized carbons (Fsp3) is 0.400. The minimum absolute atomic E-state index is 0. The van der Waals surface area contributed by atoms with E-state index in [1.54, 1.807) is 25.2 Å². The van der Waals surface area contributed by atoms with Gasteiger partial charge in [0.2, 0.25) is 10.0 Å². The molecule has 1 aliphatic heterocycles. The van der Waals surface area contributed by atoms with Gasteiger partial charge in [-0.15, -0.1) is 23.7 Å². The van der Waals surface area contributed by atoms with Crippen LogP contribution < -0.4 is 5.32 Å². The second-order valence-corrected chi connectivity index (χ2v) is 8.35. The highest BCUT2D eigenvalue weighted by Gasteiger charge is 2.30. The molecule has 0 spiro atoms. The van der Waals surface area contributed by atoms with Gasteiger partial charge in [-0.1, -0.05) is 12.1 Å². The molecular weight excluding hydrogens is 354 g/mol. The normalized spacial score (nSPS) is 18.1. The van der Waals surface area contributed by atoms with Gasteiger partial charge in [0, 0.05) is 36.3 Å². The van der Waals surface area contributed by atoms with E-state index in [1.807, 2.05) is 18.4 Å². The van der Waals surface area contributed by atoms with Crippen LogP contribution in [0.4, 0.5) is 0 Å². The van der Waals surface area contributed by atoms with Crippen molar-refractivity contribution in [2.24, 2.45) is 0 Å². The summed E-state index contributed by atoms with van der Waals surface area (Å²) in [7, 11) is -1.82. The van der Waals surface area contributed by atoms with Crippen molar-refractivity contribution in [1.82, 2.24) is 14.6 Å². The minimum atomic E-state index is -3.48. The number of hydrogen-bond donors (Lipinski definition) is 1. The number of rotatable bonds is 4. The summed E-state index contributed by atoms with van der Waals surface area (Å²) in [5, 5.41) is 6.01. The van der Waals surface area contributed by atoms with Crippen molar-refractivity contribution in [3.05, 3.63) is 35.3 Å². The van der Waals surface area contributed by atoms with Gasteiger partial charge < -0.3 is 5.32 Å². The standard InChI is InChI=1S/C15H19N3O2S2.ClH/c1-11-10-21-15(17-11)12-4-3-5-14(8-12)22(19,20)18(2)13-6-7-16-9-13;/h3-5,8,10,13,16H,6-7,9H2,1-2H3;1H. The molecule has 0 saturated carbocycles. The van der Waals surface area contributed by atoms with Gasteiger partial charge in [0.1, 0.15) is 5.01 Å². The van der Waals surface area contributed by atoms with Gasteiger partial charge in [0.15, 0.2) is 0 Å². The Morgan fingerprint density at radius 3 is 2.78 bits per heavy atom. The molecule has 3 rings (SSSR count). The molecule has 5 nitrogen and oxygen atoms in total. The molecule has 1 N–H and O–H groups in total. The first kappa shape index (κ1) is 18.4. The average molecular weight is 374 g/mol. The molecule has 2 heterocycles. The molecular formula is C15H20ClN3O2S2. The van der Waals surface area contributed by atoms with Gasteiger partial charge in [0.05, 0.1) is 4.90 Å². The van der Waals surface area contributed by atoms with Crippen molar-refractivity contribution >= 4 is 33.8 Å². The van der Waals surface area contributed by atoms with Gasteiger partial charge in [-0.2, -0.15) is 4.31 Å². The van der Waals surface area contributed by atoms with E-state index >= 15 is 0 Å². The molecule has 1 unspecified atom stereocenters. The highest BCUT2D eigenvalue weighted by atomic mass is 35.5. The monoisotopic (exact) mass is 373 g/mol. The lowest BCUT2D eigenvalue weighted by Crippen LogP contribution is -2.38. The largest absolute Gasteiger partial charge is 0.315 e. The van der Waals surface area contributed by atoms with Crippen LogP contribution in [0.25, 0.3) is 10.6 Å². The molecule has 1 aliphatic rings. The third kappa shape index (κ3) is 3.75. The van der Waals surface area contributed by atoms with Crippen LogP contribution in [0.3, 0.4) is 0 Å². The number of nitrogens with zero attached hydrogens (tertiary/aromatic N) is 2. The lowest BCUT2D eigenvalue weighted by molar-refractivity contribution is 0.388. The van der Waals surface area contributed by atoms with Crippen LogP contribution in [-0.4, -0.2) is 43.9 Å². The maximum atomic E-state index is 12.8. The number of benzene rings is 1. The highest BCUT2D eigenvalue weighted by Crippen LogP contribution is 2.27. The Hall–Kier alpha value is -0.990. The first-order valence-corrected chi connectivity index (χ1v) is 9.52. The Labute approximate surface area is 147 Å². The zero-order valence-corrected chi connectivity index (χ0v) is 15.5. The molecule has 23 heavy (non-hydrogen) atoms. The van der Waals surface area contributed by atoms with E-state index in [9.17, 15) is 8.42 Å². The quantitative estimate of drug-likeness (QED) is 0.894. The van der Waals surface area contributed by atoms with Crippen molar-refractivity contribution in [3.8, 4) is 10.6 Å². The van der Waals surface area contributed by atoms with Crippen molar-refractivity contribution in [1.29, 1.82) is 0 Å². The van der Waals surface area contributed by atoms with Crippen LogP contribution in [-0.2, 0) is 10.0 Å². The summed E-state index contributed by atoms with van der Waals surface area (Å²) in [5.74, 6) is 0. The van der Waals surface area contributed by atoms with Crippen LogP contribution >= 0.6 is 23.7 Å². The smallest absolute Gasteiger partial charge is 0.243 e. The maximum Gasteiger partial charge on any atom is 0.243 e. The van der Waals surface area contributed by atoms with E-state index in [4.69, 9.17) is 0 Å². The highest BCUT2D eigenvalue weighted by molar-refractivity contribution is 7.89. The summed E-state index contributed by atoms with van der Waals surface area (Å²) in [6, 6.07) is 7.06. The zero-order valence-electron chi connectivity index (χ0n) is 13.0. The lowest BCUT2D eigenvalue weighted by Gasteiger charge is -2.23. The molecule has 1 aromatic carbocycles. The van der Waals surface area contributed by atoms with E-state index in [0.717, 1.165) is 29.2 Å². The van der Waals surface area contributed by atoms with Crippen LogP contribution in [0.1, 0.15) is 12.1 Å². The summed E-state index contributed by atoms with van der Waals surface area (Å²) >= 11 is 1.53. The Morgan fingerprint density at radius 1 is 1.39 bits per heavy atom. The predicted octanol–water partition coefficient (Wildman–Crippen LogP) is 2.52. The Kier molecular flexibility index (Phi) is 5.80. The number of nitrogens with one attached hydrogen (secondary N) is 1. The number of hydrogen-bond acceptors (Lipinski definition) is 5. The van der Waals surface area contributed by atoms with Crippen LogP contribution in [0, 0.1) is 6.92 Å².